The fraction of sp³-hybridized carbons (Fsp3) is 0.688. The van der Waals surface area contributed by atoms with E-state index in [4.69, 9.17) is 4.74 Å². The molecule has 0 saturated heterocycles. The third kappa shape index (κ3) is 7.28. The Hall–Kier alpha value is -1.18. The Morgan fingerprint density at radius 1 is 1.30 bits per heavy atom. The van der Waals surface area contributed by atoms with Crippen molar-refractivity contribution in [1.82, 2.24) is 10.3 Å². The van der Waals surface area contributed by atoms with E-state index >= 15 is 0 Å². The van der Waals surface area contributed by atoms with E-state index in [-0.39, 0.29) is 0 Å². The van der Waals surface area contributed by atoms with Crippen molar-refractivity contribution in [2.45, 2.75) is 57.7 Å². The molecule has 2 N–H and O–H groups in total. The minimum Gasteiger partial charge on any atom is -0.374 e. The minimum absolute atomic E-state index is 0.301. The second kappa shape index (κ2) is 8.61. The summed E-state index contributed by atoms with van der Waals surface area (Å²) in [5.41, 5.74) is 0.712. The van der Waals surface area contributed by atoms with Crippen molar-refractivity contribution in [2.75, 3.05) is 17.6 Å². The summed E-state index contributed by atoms with van der Waals surface area (Å²) in [6.07, 6.45) is 7.60. The van der Waals surface area contributed by atoms with Crippen LogP contribution in [0.25, 0.3) is 0 Å². The molecule has 1 saturated carbocycles. The fourth-order valence-corrected chi connectivity index (χ4v) is 3.36. The van der Waals surface area contributed by atoms with Gasteiger partial charge in [0.05, 0.1) is 25.2 Å². The van der Waals surface area contributed by atoms with Gasteiger partial charge < -0.3 is 10.1 Å². The molecule has 0 unspecified atom stereocenters. The third-order valence-electron chi connectivity index (χ3n) is 3.84. The van der Waals surface area contributed by atoms with E-state index in [9.17, 15) is 8.42 Å². The molecule has 6 nitrogen and oxygen atoms in total. The lowest BCUT2D eigenvalue weighted by Crippen LogP contribution is -2.40. The van der Waals surface area contributed by atoms with Gasteiger partial charge in [-0.05, 0) is 31.9 Å². The molecule has 0 amide bonds. The number of rotatable bonds is 8. The van der Waals surface area contributed by atoms with E-state index in [0.717, 1.165) is 6.26 Å². The molecule has 0 aromatic carbocycles. The summed E-state index contributed by atoms with van der Waals surface area (Å²) < 4.78 is 30.5. The summed E-state index contributed by atoms with van der Waals surface area (Å²) in [5.74, 6) is 0.321. The molecule has 0 radical (unpaired) electrons. The second-order valence-electron chi connectivity index (χ2n) is 6.31. The lowest BCUT2D eigenvalue weighted by Gasteiger charge is -2.26. The highest BCUT2D eigenvalue weighted by atomic mass is 32.2. The van der Waals surface area contributed by atoms with Gasteiger partial charge in [0, 0.05) is 12.1 Å². The van der Waals surface area contributed by atoms with Gasteiger partial charge in [0.25, 0.3) is 0 Å². The quantitative estimate of drug-likeness (QED) is 0.758. The Labute approximate surface area is 139 Å². The van der Waals surface area contributed by atoms with Crippen molar-refractivity contribution in [3.05, 3.63) is 23.9 Å². The first-order chi connectivity index (χ1) is 10.9. The summed E-state index contributed by atoms with van der Waals surface area (Å²) in [5, 5.41) is 3.61. The van der Waals surface area contributed by atoms with Crippen molar-refractivity contribution in [2.24, 2.45) is 0 Å². The Kier molecular flexibility index (Phi) is 6.80. The number of nitrogens with one attached hydrogen (secondary N) is 2. The maximum Gasteiger partial charge on any atom is 0.230 e. The minimum atomic E-state index is -3.31. The molecule has 2 rings (SSSR count). The summed E-state index contributed by atoms with van der Waals surface area (Å²) in [6.45, 7) is 3.11. The lowest BCUT2D eigenvalue weighted by atomic mass is 9.95. The first-order valence-electron chi connectivity index (χ1n) is 8.20. The number of hydrogen-bond acceptors (Lipinski definition) is 5. The van der Waals surface area contributed by atoms with Gasteiger partial charge in [-0.2, -0.15) is 0 Å². The molecule has 23 heavy (non-hydrogen) atoms. The highest BCUT2D eigenvalue weighted by molar-refractivity contribution is 7.92. The van der Waals surface area contributed by atoms with E-state index < -0.39 is 10.0 Å². The van der Waals surface area contributed by atoms with E-state index in [2.05, 4.69) is 21.9 Å². The van der Waals surface area contributed by atoms with Gasteiger partial charge in [0.2, 0.25) is 10.0 Å². The molecule has 1 heterocycles. The molecule has 1 atom stereocenters. The number of sulfonamides is 1. The largest absolute Gasteiger partial charge is 0.374 e. The summed E-state index contributed by atoms with van der Waals surface area (Å²) >= 11 is 0. The third-order valence-corrected chi connectivity index (χ3v) is 4.42. The first kappa shape index (κ1) is 18.2. The van der Waals surface area contributed by atoms with Crippen LogP contribution in [0.15, 0.2) is 18.2 Å². The molecule has 1 aromatic heterocycles. The van der Waals surface area contributed by atoms with Crippen LogP contribution >= 0.6 is 0 Å². The van der Waals surface area contributed by atoms with Crippen LogP contribution in [0.5, 0.6) is 0 Å². The predicted octanol–water partition coefficient (Wildman–Crippen LogP) is 2.28. The Bertz CT molecular complexity index is 586. The molecule has 1 aliphatic rings. The van der Waals surface area contributed by atoms with Gasteiger partial charge in [-0.1, -0.05) is 25.3 Å². The van der Waals surface area contributed by atoms with Crippen molar-refractivity contribution in [1.29, 1.82) is 0 Å². The number of anilines is 1. The summed E-state index contributed by atoms with van der Waals surface area (Å²) in [6, 6.07) is 6.13. The molecule has 1 aromatic rings. The zero-order valence-corrected chi connectivity index (χ0v) is 14.7. The topological polar surface area (TPSA) is 80.3 Å². The lowest BCUT2D eigenvalue weighted by molar-refractivity contribution is 0.0954. The predicted molar refractivity (Wildman–Crippen MR) is 91.8 cm³/mol. The highest BCUT2D eigenvalue weighted by Gasteiger charge is 2.15. The van der Waals surface area contributed by atoms with Crippen LogP contribution in [-0.4, -0.2) is 38.3 Å². The molecule has 1 aliphatic carbocycles. The van der Waals surface area contributed by atoms with Crippen LogP contribution in [0.3, 0.4) is 0 Å². The average molecular weight is 341 g/mol. The number of hydrogen-bond donors (Lipinski definition) is 2. The van der Waals surface area contributed by atoms with E-state index in [1.165, 1.54) is 32.1 Å². The van der Waals surface area contributed by atoms with Gasteiger partial charge in [-0.15, -0.1) is 0 Å². The van der Waals surface area contributed by atoms with Gasteiger partial charge in [0.15, 0.2) is 0 Å². The van der Waals surface area contributed by atoms with Crippen molar-refractivity contribution < 1.29 is 13.2 Å². The number of nitrogens with zero attached hydrogens (tertiary/aromatic N) is 1. The normalized spacial score (nSPS) is 17.8. The first-order valence-corrected chi connectivity index (χ1v) is 10.1. The van der Waals surface area contributed by atoms with Crippen LogP contribution in [0.2, 0.25) is 0 Å². The van der Waals surface area contributed by atoms with Crippen LogP contribution in [0, 0.1) is 0 Å². The summed E-state index contributed by atoms with van der Waals surface area (Å²) in [4.78, 5) is 4.23. The van der Waals surface area contributed by atoms with E-state index in [1.54, 1.807) is 12.1 Å². The van der Waals surface area contributed by atoms with Gasteiger partial charge in [-0.25, -0.2) is 13.4 Å². The monoisotopic (exact) mass is 341 g/mol. The molecule has 0 aliphatic heterocycles. The molecular weight excluding hydrogens is 314 g/mol. The van der Waals surface area contributed by atoms with E-state index in [0.29, 0.717) is 36.8 Å². The van der Waals surface area contributed by atoms with E-state index in [1.807, 2.05) is 6.07 Å². The molecule has 130 valence electrons. The highest BCUT2D eigenvalue weighted by Crippen LogP contribution is 2.17. The fourth-order valence-electron chi connectivity index (χ4n) is 2.87. The Morgan fingerprint density at radius 2 is 2.04 bits per heavy atom. The molecular formula is C16H27N3O3S. The number of aromatic nitrogens is 1. The van der Waals surface area contributed by atoms with Crippen molar-refractivity contribution >= 4 is 15.8 Å². The average Bonchev–Trinajstić information content (AvgIpc) is 2.47. The summed E-state index contributed by atoms with van der Waals surface area (Å²) in [7, 11) is -3.31. The number of ether oxygens (including phenoxy) is 1. The molecule has 0 spiro atoms. The van der Waals surface area contributed by atoms with Gasteiger partial charge in [-0.3, -0.25) is 4.72 Å². The maximum absolute atomic E-state index is 11.2. The zero-order valence-electron chi connectivity index (χ0n) is 13.9. The van der Waals surface area contributed by atoms with Gasteiger partial charge in [0.1, 0.15) is 5.82 Å². The SMILES string of the molecule is C[C@H](COCc1cccc(NS(C)(=O)=O)n1)NC1CCCCC1. The molecule has 0 bridgehead atoms. The Morgan fingerprint density at radius 3 is 2.74 bits per heavy atom. The van der Waals surface area contributed by atoms with Crippen LogP contribution < -0.4 is 10.0 Å². The van der Waals surface area contributed by atoms with Crippen LogP contribution in [0.1, 0.15) is 44.7 Å². The maximum atomic E-state index is 11.2. The molecule has 7 heteroatoms. The standard InChI is InChI=1S/C16H27N3O3S/c1-13(17-14-7-4-3-5-8-14)11-22-12-15-9-6-10-16(18-15)19-23(2,20)21/h6,9-10,13-14,17H,3-5,7-8,11-12H2,1-2H3,(H,18,19)/t13-/m1/s1. The zero-order chi connectivity index (χ0) is 16.7. The van der Waals surface area contributed by atoms with Crippen LogP contribution in [0.4, 0.5) is 5.82 Å². The van der Waals surface area contributed by atoms with Gasteiger partial charge >= 0.3 is 0 Å². The van der Waals surface area contributed by atoms with Crippen LogP contribution in [-0.2, 0) is 21.4 Å². The smallest absolute Gasteiger partial charge is 0.230 e. The Balaban J connectivity index is 1.73. The second-order valence-corrected chi connectivity index (χ2v) is 8.05. The molecule has 1 fully saturated rings. The number of pyridine rings is 1. The van der Waals surface area contributed by atoms with Crippen molar-refractivity contribution in [3.63, 3.8) is 0 Å². The van der Waals surface area contributed by atoms with Crippen molar-refractivity contribution in [3.8, 4) is 0 Å².